The molecule has 0 spiro atoms. The van der Waals surface area contributed by atoms with Crippen molar-refractivity contribution in [2.24, 2.45) is 0 Å². The molecule has 0 aliphatic heterocycles. The highest BCUT2D eigenvalue weighted by Crippen LogP contribution is 2.21. The van der Waals surface area contributed by atoms with Gasteiger partial charge in [0.1, 0.15) is 16.1 Å². The molecular formula is C16H20N2O4S2. The molecule has 1 aromatic carbocycles. The van der Waals surface area contributed by atoms with Crippen LogP contribution in [-0.4, -0.2) is 27.0 Å². The summed E-state index contributed by atoms with van der Waals surface area (Å²) in [7, 11) is -3.59. The molecule has 1 unspecified atom stereocenters. The van der Waals surface area contributed by atoms with Gasteiger partial charge in [-0.1, -0.05) is 18.2 Å². The average molecular weight is 368 g/mol. The van der Waals surface area contributed by atoms with Crippen molar-refractivity contribution >= 4 is 27.3 Å². The van der Waals surface area contributed by atoms with Gasteiger partial charge in [-0.3, -0.25) is 4.79 Å². The Labute approximate surface area is 145 Å². The fourth-order valence-corrected chi connectivity index (χ4v) is 4.34. The van der Waals surface area contributed by atoms with Crippen molar-refractivity contribution in [2.45, 2.75) is 30.7 Å². The summed E-state index contributed by atoms with van der Waals surface area (Å²) in [5, 5.41) is 2.64. The van der Waals surface area contributed by atoms with Crippen LogP contribution >= 0.6 is 11.3 Å². The SMILES string of the molecule is CC(=O)NCc1ccc(S(=O)(=O)NCC(C)Oc2ccccc2)s1. The van der Waals surface area contributed by atoms with E-state index in [1.807, 2.05) is 30.3 Å². The Morgan fingerprint density at radius 3 is 2.58 bits per heavy atom. The number of para-hydroxylation sites is 1. The summed E-state index contributed by atoms with van der Waals surface area (Å²) in [5.41, 5.74) is 0. The molecule has 0 aliphatic rings. The van der Waals surface area contributed by atoms with Crippen molar-refractivity contribution < 1.29 is 17.9 Å². The fraction of sp³-hybridized carbons (Fsp3) is 0.312. The van der Waals surface area contributed by atoms with Crippen LogP contribution in [0.4, 0.5) is 0 Å². The predicted molar refractivity (Wildman–Crippen MR) is 93.6 cm³/mol. The Bertz CT molecular complexity index is 772. The first-order valence-electron chi connectivity index (χ1n) is 7.41. The number of sulfonamides is 1. The van der Waals surface area contributed by atoms with Gasteiger partial charge in [0.2, 0.25) is 15.9 Å². The number of hydrogen-bond acceptors (Lipinski definition) is 5. The summed E-state index contributed by atoms with van der Waals surface area (Å²) in [4.78, 5) is 11.7. The molecule has 130 valence electrons. The van der Waals surface area contributed by atoms with Gasteiger partial charge in [0, 0.05) is 18.3 Å². The van der Waals surface area contributed by atoms with Gasteiger partial charge in [0.25, 0.3) is 0 Å². The second kappa shape index (κ2) is 8.27. The fourth-order valence-electron chi connectivity index (χ4n) is 1.88. The first-order chi connectivity index (χ1) is 11.4. The standard InChI is InChI=1S/C16H20N2O4S2/c1-12(22-14-6-4-3-5-7-14)10-18-24(20,21)16-9-8-15(23-16)11-17-13(2)19/h3-9,12,18H,10-11H2,1-2H3,(H,17,19). The van der Waals surface area contributed by atoms with E-state index in [4.69, 9.17) is 4.74 Å². The molecule has 8 heteroatoms. The second-order valence-electron chi connectivity index (χ2n) is 5.22. The zero-order valence-electron chi connectivity index (χ0n) is 13.5. The zero-order valence-corrected chi connectivity index (χ0v) is 15.1. The Hall–Kier alpha value is -1.90. The topological polar surface area (TPSA) is 84.5 Å². The van der Waals surface area contributed by atoms with Crippen LogP contribution in [0.2, 0.25) is 0 Å². The maximum atomic E-state index is 12.3. The Morgan fingerprint density at radius 1 is 1.21 bits per heavy atom. The lowest BCUT2D eigenvalue weighted by atomic mass is 10.3. The van der Waals surface area contributed by atoms with Gasteiger partial charge in [0.15, 0.2) is 0 Å². The van der Waals surface area contributed by atoms with Gasteiger partial charge in [0.05, 0.1) is 6.54 Å². The van der Waals surface area contributed by atoms with Crippen LogP contribution in [0.1, 0.15) is 18.7 Å². The minimum Gasteiger partial charge on any atom is -0.489 e. The molecule has 2 N–H and O–H groups in total. The number of ether oxygens (including phenoxy) is 1. The summed E-state index contributed by atoms with van der Waals surface area (Å²) in [6, 6.07) is 12.5. The number of thiophene rings is 1. The van der Waals surface area contributed by atoms with Crippen molar-refractivity contribution in [1.29, 1.82) is 0 Å². The van der Waals surface area contributed by atoms with Crippen LogP contribution in [0.5, 0.6) is 5.75 Å². The van der Waals surface area contributed by atoms with E-state index in [1.165, 1.54) is 13.0 Å². The minimum atomic E-state index is -3.59. The molecule has 1 aromatic heterocycles. The molecule has 1 amide bonds. The molecule has 24 heavy (non-hydrogen) atoms. The van der Waals surface area contributed by atoms with Crippen molar-refractivity contribution in [3.05, 3.63) is 47.3 Å². The molecule has 1 atom stereocenters. The van der Waals surface area contributed by atoms with Crippen molar-refractivity contribution in [2.75, 3.05) is 6.54 Å². The van der Waals surface area contributed by atoms with Crippen LogP contribution in [0.3, 0.4) is 0 Å². The molecule has 6 nitrogen and oxygen atoms in total. The normalized spacial score (nSPS) is 12.6. The number of amides is 1. The molecule has 0 bridgehead atoms. The van der Waals surface area contributed by atoms with Gasteiger partial charge in [-0.2, -0.15) is 0 Å². The van der Waals surface area contributed by atoms with Crippen LogP contribution in [0.15, 0.2) is 46.7 Å². The van der Waals surface area contributed by atoms with Gasteiger partial charge in [-0.15, -0.1) is 11.3 Å². The summed E-state index contributed by atoms with van der Waals surface area (Å²) in [5.74, 6) is 0.538. The monoisotopic (exact) mass is 368 g/mol. The number of carbonyl (C=O) groups excluding carboxylic acids is 1. The highest BCUT2D eigenvalue weighted by molar-refractivity contribution is 7.91. The number of rotatable bonds is 8. The van der Waals surface area contributed by atoms with E-state index < -0.39 is 10.0 Å². The molecule has 2 aromatic rings. The minimum absolute atomic E-state index is 0.155. The Balaban J connectivity index is 1.90. The molecular weight excluding hydrogens is 348 g/mol. The van der Waals surface area contributed by atoms with E-state index in [-0.39, 0.29) is 22.8 Å². The number of hydrogen-bond donors (Lipinski definition) is 2. The number of carbonyl (C=O) groups is 1. The van der Waals surface area contributed by atoms with E-state index >= 15 is 0 Å². The van der Waals surface area contributed by atoms with E-state index in [2.05, 4.69) is 10.0 Å². The van der Waals surface area contributed by atoms with E-state index in [0.29, 0.717) is 12.3 Å². The molecule has 0 saturated heterocycles. The van der Waals surface area contributed by atoms with Crippen LogP contribution in [0, 0.1) is 0 Å². The summed E-state index contributed by atoms with van der Waals surface area (Å²) >= 11 is 1.13. The average Bonchev–Trinajstić information content (AvgIpc) is 3.02. The number of nitrogens with one attached hydrogen (secondary N) is 2. The summed E-state index contributed by atoms with van der Waals surface area (Å²) in [6.07, 6.45) is -0.305. The lowest BCUT2D eigenvalue weighted by Gasteiger charge is -2.15. The molecule has 0 saturated carbocycles. The molecule has 0 aliphatic carbocycles. The van der Waals surface area contributed by atoms with Crippen molar-refractivity contribution in [3.63, 3.8) is 0 Å². The maximum absolute atomic E-state index is 12.3. The van der Waals surface area contributed by atoms with Crippen LogP contribution in [0.25, 0.3) is 0 Å². The van der Waals surface area contributed by atoms with Crippen molar-refractivity contribution in [1.82, 2.24) is 10.0 Å². The van der Waals surface area contributed by atoms with Gasteiger partial charge >= 0.3 is 0 Å². The third-order valence-electron chi connectivity index (χ3n) is 3.05. The third-order valence-corrected chi connectivity index (χ3v) is 6.06. The zero-order chi connectivity index (χ0) is 17.6. The predicted octanol–water partition coefficient (Wildman–Crippen LogP) is 2.13. The highest BCUT2D eigenvalue weighted by atomic mass is 32.2. The van der Waals surface area contributed by atoms with Crippen LogP contribution < -0.4 is 14.8 Å². The Kier molecular flexibility index (Phi) is 6.36. The quantitative estimate of drug-likeness (QED) is 0.748. The summed E-state index contributed by atoms with van der Waals surface area (Å²) < 4.78 is 33.0. The third kappa shape index (κ3) is 5.63. The van der Waals surface area contributed by atoms with E-state index in [9.17, 15) is 13.2 Å². The first kappa shape index (κ1) is 18.4. The van der Waals surface area contributed by atoms with Gasteiger partial charge in [-0.05, 0) is 31.2 Å². The Morgan fingerprint density at radius 2 is 1.92 bits per heavy atom. The summed E-state index contributed by atoms with van der Waals surface area (Å²) in [6.45, 7) is 3.70. The largest absolute Gasteiger partial charge is 0.489 e. The first-order valence-corrected chi connectivity index (χ1v) is 9.71. The maximum Gasteiger partial charge on any atom is 0.250 e. The van der Waals surface area contributed by atoms with E-state index in [0.717, 1.165) is 16.2 Å². The van der Waals surface area contributed by atoms with Crippen molar-refractivity contribution in [3.8, 4) is 5.75 Å². The lowest BCUT2D eigenvalue weighted by molar-refractivity contribution is -0.119. The van der Waals surface area contributed by atoms with Crippen LogP contribution in [-0.2, 0) is 21.4 Å². The number of benzene rings is 1. The van der Waals surface area contributed by atoms with E-state index in [1.54, 1.807) is 13.0 Å². The van der Waals surface area contributed by atoms with Gasteiger partial charge in [-0.25, -0.2) is 13.1 Å². The van der Waals surface area contributed by atoms with Gasteiger partial charge < -0.3 is 10.1 Å². The highest BCUT2D eigenvalue weighted by Gasteiger charge is 2.18. The molecule has 0 radical (unpaired) electrons. The lowest BCUT2D eigenvalue weighted by Crippen LogP contribution is -2.33. The molecule has 0 fully saturated rings. The molecule has 1 heterocycles. The molecule has 2 rings (SSSR count). The smallest absolute Gasteiger partial charge is 0.250 e. The second-order valence-corrected chi connectivity index (χ2v) is 8.39.